The molecule has 1 fully saturated rings. The van der Waals surface area contributed by atoms with Crippen LogP contribution in [-0.2, 0) is 0 Å². The molecule has 1 N–H and O–H groups in total. The predicted molar refractivity (Wildman–Crippen MR) is 71.8 cm³/mol. The minimum absolute atomic E-state index is 0.893. The fraction of sp³-hybridized carbons (Fsp3) is 1.00. The van der Waals surface area contributed by atoms with Gasteiger partial charge in [-0.25, -0.2) is 0 Å². The van der Waals surface area contributed by atoms with Gasteiger partial charge in [0.1, 0.15) is 0 Å². The summed E-state index contributed by atoms with van der Waals surface area (Å²) in [5.41, 5.74) is 0. The van der Waals surface area contributed by atoms with Crippen LogP contribution in [0.2, 0.25) is 0 Å². The summed E-state index contributed by atoms with van der Waals surface area (Å²) in [7, 11) is 0. The summed E-state index contributed by atoms with van der Waals surface area (Å²) in [5, 5.41) is 3.56. The molecule has 0 spiro atoms. The normalized spacial score (nSPS) is 26.4. The first kappa shape index (κ1) is 14.0. The summed E-state index contributed by atoms with van der Waals surface area (Å²) in [5.74, 6) is 1.79. The zero-order valence-electron chi connectivity index (χ0n) is 11.5. The van der Waals surface area contributed by atoms with Crippen LogP contribution in [0.3, 0.4) is 0 Å². The van der Waals surface area contributed by atoms with Gasteiger partial charge in [0.15, 0.2) is 0 Å². The Balaban J connectivity index is 1.88. The third kappa shape index (κ3) is 5.31. The van der Waals surface area contributed by atoms with E-state index in [1.54, 1.807) is 0 Å². The molecule has 2 nitrogen and oxygen atoms in total. The van der Waals surface area contributed by atoms with E-state index in [0.29, 0.717) is 0 Å². The lowest BCUT2D eigenvalue weighted by molar-refractivity contribution is 0.321. The molecule has 0 aromatic rings. The van der Waals surface area contributed by atoms with Gasteiger partial charge >= 0.3 is 0 Å². The first-order valence-electron chi connectivity index (χ1n) is 7.17. The zero-order valence-corrected chi connectivity index (χ0v) is 11.5. The van der Waals surface area contributed by atoms with Gasteiger partial charge in [0.2, 0.25) is 0 Å². The highest BCUT2D eigenvalue weighted by Crippen LogP contribution is 2.21. The van der Waals surface area contributed by atoms with Crippen LogP contribution in [0.25, 0.3) is 0 Å². The summed E-state index contributed by atoms with van der Waals surface area (Å²) in [6, 6.07) is 0. The highest BCUT2D eigenvalue weighted by molar-refractivity contribution is 4.78. The second kappa shape index (κ2) is 8.08. The van der Waals surface area contributed by atoms with Gasteiger partial charge in [-0.15, -0.1) is 0 Å². The Labute approximate surface area is 102 Å². The molecule has 1 saturated heterocycles. The van der Waals surface area contributed by atoms with Gasteiger partial charge in [0.05, 0.1) is 0 Å². The van der Waals surface area contributed by atoms with Crippen molar-refractivity contribution in [2.75, 3.05) is 32.7 Å². The highest BCUT2D eigenvalue weighted by atomic mass is 15.2. The summed E-state index contributed by atoms with van der Waals surface area (Å²) in [4.78, 5) is 2.61. The molecule has 0 amide bonds. The quantitative estimate of drug-likeness (QED) is 0.640. The molecule has 16 heavy (non-hydrogen) atoms. The first-order valence-corrected chi connectivity index (χ1v) is 7.17. The molecule has 0 aromatic carbocycles. The number of unbranched alkanes of at least 4 members (excludes halogenated alkanes) is 3. The highest BCUT2D eigenvalue weighted by Gasteiger charge is 2.24. The smallest absolute Gasteiger partial charge is 0.0107 e. The van der Waals surface area contributed by atoms with Crippen molar-refractivity contribution in [3.63, 3.8) is 0 Å². The molecule has 2 atom stereocenters. The third-order valence-corrected chi connectivity index (χ3v) is 3.88. The van der Waals surface area contributed by atoms with Crippen molar-refractivity contribution in [1.82, 2.24) is 10.2 Å². The Morgan fingerprint density at radius 1 is 1.00 bits per heavy atom. The van der Waals surface area contributed by atoms with Crippen molar-refractivity contribution in [2.45, 2.75) is 46.5 Å². The monoisotopic (exact) mass is 226 g/mol. The topological polar surface area (TPSA) is 15.3 Å². The molecule has 2 unspecified atom stereocenters. The van der Waals surface area contributed by atoms with Crippen LogP contribution in [-0.4, -0.2) is 37.6 Å². The number of nitrogens with zero attached hydrogens (tertiary/aromatic N) is 1. The standard InChI is InChI=1S/C14H30N2/c1-4-5-6-7-8-15-9-10-16-11-13(2)14(3)12-16/h13-15H,4-12H2,1-3H3. The molecule has 0 radical (unpaired) electrons. The fourth-order valence-corrected chi connectivity index (χ4v) is 2.47. The van der Waals surface area contributed by atoms with Crippen molar-refractivity contribution < 1.29 is 0 Å². The van der Waals surface area contributed by atoms with Gasteiger partial charge in [-0.1, -0.05) is 40.0 Å². The lowest BCUT2D eigenvalue weighted by Crippen LogP contribution is -2.31. The van der Waals surface area contributed by atoms with Gasteiger partial charge in [-0.3, -0.25) is 0 Å². The summed E-state index contributed by atoms with van der Waals surface area (Å²) < 4.78 is 0. The van der Waals surface area contributed by atoms with E-state index < -0.39 is 0 Å². The molecule has 2 heteroatoms. The van der Waals surface area contributed by atoms with Crippen molar-refractivity contribution in [3.8, 4) is 0 Å². The van der Waals surface area contributed by atoms with Gasteiger partial charge in [0, 0.05) is 26.2 Å². The predicted octanol–water partition coefficient (Wildman–Crippen LogP) is 2.74. The van der Waals surface area contributed by atoms with E-state index in [9.17, 15) is 0 Å². The fourth-order valence-electron chi connectivity index (χ4n) is 2.47. The van der Waals surface area contributed by atoms with Gasteiger partial charge in [-0.2, -0.15) is 0 Å². The van der Waals surface area contributed by atoms with E-state index >= 15 is 0 Å². The molecular formula is C14H30N2. The van der Waals surface area contributed by atoms with Crippen LogP contribution >= 0.6 is 0 Å². The largest absolute Gasteiger partial charge is 0.315 e. The third-order valence-electron chi connectivity index (χ3n) is 3.88. The van der Waals surface area contributed by atoms with E-state index in [2.05, 4.69) is 31.0 Å². The Kier molecular flexibility index (Phi) is 7.06. The van der Waals surface area contributed by atoms with Gasteiger partial charge in [-0.05, 0) is 24.8 Å². The molecule has 1 heterocycles. The zero-order chi connectivity index (χ0) is 11.8. The van der Waals surface area contributed by atoms with E-state index in [1.165, 1.54) is 58.4 Å². The maximum absolute atomic E-state index is 3.56. The van der Waals surface area contributed by atoms with Crippen molar-refractivity contribution in [1.29, 1.82) is 0 Å². The number of hydrogen-bond donors (Lipinski definition) is 1. The number of likely N-dealkylation sites (tertiary alicyclic amines) is 1. The minimum atomic E-state index is 0.893. The molecule has 1 rings (SSSR count). The average molecular weight is 226 g/mol. The Morgan fingerprint density at radius 2 is 1.69 bits per heavy atom. The van der Waals surface area contributed by atoms with Crippen LogP contribution in [0, 0.1) is 11.8 Å². The van der Waals surface area contributed by atoms with Crippen molar-refractivity contribution in [3.05, 3.63) is 0 Å². The maximum atomic E-state index is 3.56. The Morgan fingerprint density at radius 3 is 2.31 bits per heavy atom. The van der Waals surface area contributed by atoms with Gasteiger partial charge < -0.3 is 10.2 Å². The summed E-state index contributed by atoms with van der Waals surface area (Å²) in [6.45, 7) is 13.2. The van der Waals surface area contributed by atoms with Crippen LogP contribution in [0.5, 0.6) is 0 Å². The van der Waals surface area contributed by atoms with Gasteiger partial charge in [0.25, 0.3) is 0 Å². The van der Waals surface area contributed by atoms with Crippen LogP contribution < -0.4 is 5.32 Å². The van der Waals surface area contributed by atoms with E-state index in [-0.39, 0.29) is 0 Å². The lowest BCUT2D eigenvalue weighted by Gasteiger charge is -2.15. The summed E-state index contributed by atoms with van der Waals surface area (Å²) >= 11 is 0. The van der Waals surface area contributed by atoms with E-state index in [4.69, 9.17) is 0 Å². The lowest BCUT2D eigenvalue weighted by atomic mass is 10.0. The van der Waals surface area contributed by atoms with Crippen LogP contribution in [0.1, 0.15) is 46.5 Å². The molecule has 0 aromatic heterocycles. The number of hydrogen-bond acceptors (Lipinski definition) is 2. The van der Waals surface area contributed by atoms with E-state index in [1.807, 2.05) is 0 Å². The van der Waals surface area contributed by atoms with Crippen LogP contribution in [0.15, 0.2) is 0 Å². The number of rotatable bonds is 8. The first-order chi connectivity index (χ1) is 7.74. The molecule has 0 aliphatic carbocycles. The molecule has 1 aliphatic rings. The Hall–Kier alpha value is -0.0800. The second-order valence-electron chi connectivity index (χ2n) is 5.52. The molecule has 0 bridgehead atoms. The van der Waals surface area contributed by atoms with Crippen LogP contribution in [0.4, 0.5) is 0 Å². The second-order valence-corrected chi connectivity index (χ2v) is 5.52. The average Bonchev–Trinajstić information content (AvgIpc) is 2.57. The van der Waals surface area contributed by atoms with Crippen molar-refractivity contribution in [2.24, 2.45) is 11.8 Å². The van der Waals surface area contributed by atoms with Crippen molar-refractivity contribution >= 4 is 0 Å². The molecular weight excluding hydrogens is 196 g/mol. The Bertz CT molecular complexity index is 160. The summed E-state index contributed by atoms with van der Waals surface area (Å²) in [6.07, 6.45) is 5.47. The molecule has 96 valence electrons. The molecule has 1 aliphatic heterocycles. The maximum Gasteiger partial charge on any atom is 0.0107 e. The number of nitrogens with one attached hydrogen (secondary N) is 1. The SMILES string of the molecule is CCCCCCNCCN1CC(C)C(C)C1. The minimum Gasteiger partial charge on any atom is -0.315 e. The van der Waals surface area contributed by atoms with E-state index in [0.717, 1.165) is 11.8 Å². The molecule has 0 saturated carbocycles.